The van der Waals surface area contributed by atoms with Crippen LogP contribution in [0.2, 0.25) is 0 Å². The minimum absolute atomic E-state index is 0.00728. The summed E-state index contributed by atoms with van der Waals surface area (Å²) in [6.45, 7) is 2.30. The molecule has 0 saturated heterocycles. The number of hydrogen-bond donors (Lipinski definition) is 2. The van der Waals surface area contributed by atoms with Crippen molar-refractivity contribution in [3.05, 3.63) is 56.2 Å². The van der Waals surface area contributed by atoms with Gasteiger partial charge in [-0.1, -0.05) is 6.92 Å². The summed E-state index contributed by atoms with van der Waals surface area (Å²) >= 11 is 6.49. The predicted octanol–water partition coefficient (Wildman–Crippen LogP) is 5.15. The number of ketones is 1. The van der Waals surface area contributed by atoms with Gasteiger partial charge in [0.15, 0.2) is 5.78 Å². The molecule has 6 nitrogen and oxygen atoms in total. The number of benzene rings is 2. The van der Waals surface area contributed by atoms with Gasteiger partial charge in [-0.15, -0.1) is 0 Å². The highest BCUT2D eigenvalue weighted by Crippen LogP contribution is 2.36. The fourth-order valence-electron chi connectivity index (χ4n) is 3.27. The number of carbonyl (C=O) groups excluding carboxylic acids is 1. The maximum Gasteiger partial charge on any atom is 0.240 e. The number of fused-ring (bicyclic) bond motifs is 1. The van der Waals surface area contributed by atoms with Crippen molar-refractivity contribution in [1.29, 1.82) is 0 Å². The third kappa shape index (κ3) is 4.08. The number of phenols is 1. The second-order valence-electron chi connectivity index (χ2n) is 7.32. The summed E-state index contributed by atoms with van der Waals surface area (Å²) < 4.78 is 34.4. The highest BCUT2D eigenvalue weighted by Gasteiger charge is 2.26. The molecule has 3 aromatic rings. The molecule has 0 amide bonds. The van der Waals surface area contributed by atoms with Crippen molar-refractivity contribution in [2.45, 2.75) is 31.1 Å². The van der Waals surface area contributed by atoms with Crippen LogP contribution in [0.1, 0.15) is 41.4 Å². The van der Waals surface area contributed by atoms with Crippen LogP contribution in [0.25, 0.3) is 11.0 Å². The summed E-state index contributed by atoms with van der Waals surface area (Å²) in [6, 6.07) is 7.65. The molecule has 0 radical (unpaired) electrons. The van der Waals surface area contributed by atoms with E-state index in [0.717, 1.165) is 12.8 Å². The molecular formula is C21H19Br2NO5S. The van der Waals surface area contributed by atoms with Crippen molar-refractivity contribution in [2.75, 3.05) is 6.54 Å². The molecule has 1 aliphatic carbocycles. The third-order valence-electron chi connectivity index (χ3n) is 5.13. The molecule has 0 bridgehead atoms. The van der Waals surface area contributed by atoms with Crippen LogP contribution in [0.3, 0.4) is 0 Å². The van der Waals surface area contributed by atoms with Gasteiger partial charge >= 0.3 is 0 Å². The van der Waals surface area contributed by atoms with Gasteiger partial charge in [-0.05, 0) is 74.9 Å². The van der Waals surface area contributed by atoms with E-state index in [1.54, 1.807) is 18.2 Å². The monoisotopic (exact) mass is 555 g/mol. The van der Waals surface area contributed by atoms with Gasteiger partial charge in [0, 0.05) is 30.0 Å². The number of aromatic hydroxyl groups is 1. The van der Waals surface area contributed by atoms with Gasteiger partial charge in [0.25, 0.3) is 0 Å². The van der Waals surface area contributed by atoms with Crippen molar-refractivity contribution in [3.63, 3.8) is 0 Å². The van der Waals surface area contributed by atoms with E-state index in [-0.39, 0.29) is 16.4 Å². The normalized spacial score (nSPS) is 14.4. The Morgan fingerprint density at radius 1 is 1.20 bits per heavy atom. The van der Waals surface area contributed by atoms with Crippen molar-refractivity contribution in [2.24, 2.45) is 5.92 Å². The van der Waals surface area contributed by atoms with E-state index < -0.39 is 10.0 Å². The van der Waals surface area contributed by atoms with Crippen LogP contribution < -0.4 is 4.72 Å². The molecule has 1 aromatic heterocycles. The Bertz CT molecular complexity index is 1240. The van der Waals surface area contributed by atoms with Crippen LogP contribution >= 0.6 is 31.9 Å². The number of phenolic OH excluding ortho intramolecular Hbond substituents is 1. The molecule has 0 atom stereocenters. The summed E-state index contributed by atoms with van der Waals surface area (Å²) in [4.78, 5) is 13.4. The highest BCUT2D eigenvalue weighted by atomic mass is 79.9. The van der Waals surface area contributed by atoms with Crippen LogP contribution in [0.4, 0.5) is 0 Å². The minimum Gasteiger partial charge on any atom is -0.506 e. The van der Waals surface area contributed by atoms with Gasteiger partial charge in [0.05, 0.1) is 19.4 Å². The average molecular weight is 557 g/mol. The Morgan fingerprint density at radius 2 is 1.87 bits per heavy atom. The molecule has 30 heavy (non-hydrogen) atoms. The second-order valence-corrected chi connectivity index (χ2v) is 10.8. The lowest BCUT2D eigenvalue weighted by Gasteiger charge is -2.07. The van der Waals surface area contributed by atoms with Crippen LogP contribution in [0, 0.1) is 5.92 Å². The second kappa shape index (κ2) is 8.11. The topological polar surface area (TPSA) is 96.6 Å². The predicted molar refractivity (Wildman–Crippen MR) is 120 cm³/mol. The van der Waals surface area contributed by atoms with Gasteiger partial charge < -0.3 is 9.52 Å². The lowest BCUT2D eigenvalue weighted by Crippen LogP contribution is -2.25. The Morgan fingerprint density at radius 3 is 2.47 bits per heavy atom. The lowest BCUT2D eigenvalue weighted by molar-refractivity contribution is 0.103. The fourth-order valence-corrected chi connectivity index (χ4v) is 5.58. The molecule has 2 N–H and O–H groups in total. The van der Waals surface area contributed by atoms with E-state index in [1.807, 2.05) is 6.92 Å². The van der Waals surface area contributed by atoms with Crippen molar-refractivity contribution < 1.29 is 22.7 Å². The molecule has 1 saturated carbocycles. The standard InChI is InChI=1S/C21H19Br2NO5S/c1-2-17-19(20(25)12-7-15(22)21(26)16(23)8-12)14-6-5-13(9-18(14)29-17)30(27,28)24-10-11-3-4-11/h5-9,11,24,26H,2-4,10H2,1H3. The van der Waals surface area contributed by atoms with Crippen molar-refractivity contribution >= 4 is 58.6 Å². The van der Waals surface area contributed by atoms with E-state index in [1.165, 1.54) is 12.1 Å². The number of hydrogen-bond acceptors (Lipinski definition) is 5. The fraction of sp³-hybridized carbons (Fsp3) is 0.286. The molecule has 0 aliphatic heterocycles. The van der Waals surface area contributed by atoms with Crippen LogP contribution in [0.5, 0.6) is 5.75 Å². The third-order valence-corrected chi connectivity index (χ3v) is 7.76. The maximum absolute atomic E-state index is 13.3. The first-order valence-electron chi connectivity index (χ1n) is 9.49. The summed E-state index contributed by atoms with van der Waals surface area (Å²) in [5.74, 6) is 0.644. The largest absolute Gasteiger partial charge is 0.506 e. The van der Waals surface area contributed by atoms with Crippen molar-refractivity contribution in [1.82, 2.24) is 4.72 Å². The first kappa shape index (κ1) is 21.5. The zero-order valence-electron chi connectivity index (χ0n) is 16.0. The first-order valence-corrected chi connectivity index (χ1v) is 12.6. The Hall–Kier alpha value is -1.68. The zero-order chi connectivity index (χ0) is 21.6. The summed E-state index contributed by atoms with van der Waals surface area (Å²) in [6.07, 6.45) is 2.57. The Balaban J connectivity index is 1.76. The molecule has 158 valence electrons. The van der Waals surface area contributed by atoms with Gasteiger partial charge in [-0.3, -0.25) is 4.79 Å². The minimum atomic E-state index is -3.64. The molecular weight excluding hydrogens is 538 g/mol. The number of carbonyl (C=O) groups is 1. The summed E-state index contributed by atoms with van der Waals surface area (Å²) in [5, 5.41) is 10.5. The molecule has 9 heteroatoms. The van der Waals surface area contributed by atoms with E-state index in [2.05, 4.69) is 36.6 Å². The molecule has 1 fully saturated rings. The van der Waals surface area contributed by atoms with Gasteiger partial charge in [0.2, 0.25) is 10.0 Å². The number of halogens is 2. The van der Waals surface area contributed by atoms with Crippen LogP contribution in [-0.4, -0.2) is 25.9 Å². The SMILES string of the molecule is CCc1oc2cc(S(=O)(=O)NCC3CC3)ccc2c1C(=O)c1cc(Br)c(O)c(Br)c1. The Labute approximate surface area is 191 Å². The zero-order valence-corrected chi connectivity index (χ0v) is 20.0. The molecule has 0 spiro atoms. The quantitative estimate of drug-likeness (QED) is 0.392. The summed E-state index contributed by atoms with van der Waals surface area (Å²) in [5.41, 5.74) is 1.11. The highest BCUT2D eigenvalue weighted by molar-refractivity contribution is 9.11. The number of aryl methyl sites for hydroxylation is 1. The van der Waals surface area contributed by atoms with Gasteiger partial charge in [-0.25, -0.2) is 13.1 Å². The molecule has 4 rings (SSSR count). The number of furan rings is 1. The van der Waals surface area contributed by atoms with Gasteiger partial charge in [-0.2, -0.15) is 0 Å². The van der Waals surface area contributed by atoms with E-state index in [9.17, 15) is 18.3 Å². The molecule has 1 heterocycles. The Kier molecular flexibility index (Phi) is 5.82. The van der Waals surface area contributed by atoms with E-state index >= 15 is 0 Å². The van der Waals surface area contributed by atoms with E-state index in [4.69, 9.17) is 4.42 Å². The van der Waals surface area contributed by atoms with Gasteiger partial charge in [0.1, 0.15) is 17.1 Å². The number of sulfonamides is 1. The van der Waals surface area contributed by atoms with Crippen molar-refractivity contribution in [3.8, 4) is 5.75 Å². The average Bonchev–Trinajstić information content (AvgIpc) is 3.47. The van der Waals surface area contributed by atoms with Crippen LogP contribution in [-0.2, 0) is 16.4 Å². The lowest BCUT2D eigenvalue weighted by atomic mass is 9.99. The van der Waals surface area contributed by atoms with Crippen LogP contribution in [0.15, 0.2) is 48.6 Å². The van der Waals surface area contributed by atoms with E-state index in [0.29, 0.717) is 55.7 Å². The molecule has 2 aromatic carbocycles. The smallest absolute Gasteiger partial charge is 0.240 e. The number of rotatable bonds is 7. The first-order chi connectivity index (χ1) is 14.2. The summed E-state index contributed by atoms with van der Waals surface area (Å²) in [7, 11) is -3.64. The molecule has 1 aliphatic rings. The molecule has 0 unspecified atom stereocenters. The maximum atomic E-state index is 13.3. The number of nitrogens with one attached hydrogen (secondary N) is 1.